The van der Waals surface area contributed by atoms with Crippen LogP contribution in [-0.2, 0) is 19.1 Å². The molecule has 0 aromatic rings. The monoisotopic (exact) mass is 231 g/mol. The number of methoxy groups -OCH3 is 2. The SMILES string of the molecule is COC(OC)[C@@H]1CN(C(C)=O)C[C@H]1C(=O)O. The second-order valence-electron chi connectivity index (χ2n) is 3.87. The van der Waals surface area contributed by atoms with E-state index in [1.807, 2.05) is 0 Å². The van der Waals surface area contributed by atoms with Crippen molar-refractivity contribution in [3.8, 4) is 0 Å². The van der Waals surface area contributed by atoms with E-state index in [4.69, 9.17) is 14.6 Å². The van der Waals surface area contributed by atoms with Crippen LogP contribution in [0.25, 0.3) is 0 Å². The van der Waals surface area contributed by atoms with Crippen molar-refractivity contribution in [2.75, 3.05) is 27.3 Å². The van der Waals surface area contributed by atoms with E-state index in [9.17, 15) is 9.59 Å². The lowest BCUT2D eigenvalue weighted by Crippen LogP contribution is -2.34. The molecule has 6 heteroatoms. The van der Waals surface area contributed by atoms with Gasteiger partial charge in [0.05, 0.1) is 5.92 Å². The van der Waals surface area contributed by atoms with E-state index in [1.165, 1.54) is 26.0 Å². The number of carbonyl (C=O) groups excluding carboxylic acids is 1. The molecule has 1 aliphatic heterocycles. The third kappa shape index (κ3) is 2.51. The first-order valence-corrected chi connectivity index (χ1v) is 5.05. The van der Waals surface area contributed by atoms with Crippen molar-refractivity contribution in [2.45, 2.75) is 13.2 Å². The fourth-order valence-electron chi connectivity index (χ4n) is 2.07. The van der Waals surface area contributed by atoms with Crippen molar-refractivity contribution < 1.29 is 24.2 Å². The van der Waals surface area contributed by atoms with Gasteiger partial charge in [0.15, 0.2) is 6.29 Å². The van der Waals surface area contributed by atoms with Crippen LogP contribution in [0.15, 0.2) is 0 Å². The highest BCUT2D eigenvalue weighted by Gasteiger charge is 2.43. The largest absolute Gasteiger partial charge is 0.481 e. The second kappa shape index (κ2) is 5.27. The summed E-state index contributed by atoms with van der Waals surface area (Å²) in [6.07, 6.45) is -0.592. The molecule has 0 aromatic carbocycles. The molecule has 0 aliphatic carbocycles. The first kappa shape index (κ1) is 12.9. The molecule has 1 rings (SSSR count). The fourth-order valence-corrected chi connectivity index (χ4v) is 2.07. The van der Waals surface area contributed by atoms with Gasteiger partial charge in [-0.2, -0.15) is 0 Å². The quantitative estimate of drug-likeness (QED) is 0.677. The van der Waals surface area contributed by atoms with Gasteiger partial charge in [-0.3, -0.25) is 9.59 Å². The van der Waals surface area contributed by atoms with Crippen LogP contribution in [0.3, 0.4) is 0 Å². The van der Waals surface area contributed by atoms with E-state index < -0.39 is 18.2 Å². The smallest absolute Gasteiger partial charge is 0.308 e. The van der Waals surface area contributed by atoms with Crippen LogP contribution in [0.5, 0.6) is 0 Å². The fraction of sp³-hybridized carbons (Fsp3) is 0.800. The molecule has 0 radical (unpaired) electrons. The Labute approximate surface area is 94.1 Å². The van der Waals surface area contributed by atoms with Crippen molar-refractivity contribution in [3.63, 3.8) is 0 Å². The highest BCUT2D eigenvalue weighted by molar-refractivity contribution is 5.77. The Kier molecular flexibility index (Phi) is 4.26. The summed E-state index contributed by atoms with van der Waals surface area (Å²) in [7, 11) is 2.92. The highest BCUT2D eigenvalue weighted by Crippen LogP contribution is 2.28. The lowest BCUT2D eigenvalue weighted by molar-refractivity contribution is -0.161. The molecule has 1 saturated heterocycles. The van der Waals surface area contributed by atoms with Crippen LogP contribution in [0.1, 0.15) is 6.92 Å². The summed E-state index contributed by atoms with van der Waals surface area (Å²) < 4.78 is 10.1. The Bertz CT molecular complexity index is 276. The third-order valence-electron chi connectivity index (χ3n) is 2.94. The van der Waals surface area contributed by atoms with Gasteiger partial charge in [-0.05, 0) is 0 Å². The Morgan fingerprint density at radius 3 is 2.25 bits per heavy atom. The van der Waals surface area contributed by atoms with E-state index in [0.717, 1.165) is 0 Å². The van der Waals surface area contributed by atoms with Crippen LogP contribution >= 0.6 is 0 Å². The first-order chi connectivity index (χ1) is 7.51. The van der Waals surface area contributed by atoms with Crippen molar-refractivity contribution in [3.05, 3.63) is 0 Å². The number of rotatable bonds is 4. The van der Waals surface area contributed by atoms with Crippen LogP contribution in [-0.4, -0.2) is 55.5 Å². The highest BCUT2D eigenvalue weighted by atomic mass is 16.7. The molecular weight excluding hydrogens is 214 g/mol. The number of carbonyl (C=O) groups is 2. The lowest BCUT2D eigenvalue weighted by atomic mass is 9.95. The summed E-state index contributed by atoms with van der Waals surface area (Å²) >= 11 is 0. The maximum absolute atomic E-state index is 11.2. The summed E-state index contributed by atoms with van der Waals surface area (Å²) in [4.78, 5) is 23.8. The summed E-state index contributed by atoms with van der Waals surface area (Å²) in [5.74, 6) is -2.00. The Balaban J connectivity index is 2.80. The maximum Gasteiger partial charge on any atom is 0.308 e. The molecule has 0 spiro atoms. The van der Waals surface area contributed by atoms with E-state index in [2.05, 4.69) is 0 Å². The number of ether oxygens (including phenoxy) is 2. The third-order valence-corrected chi connectivity index (χ3v) is 2.94. The summed E-state index contributed by atoms with van der Waals surface area (Å²) in [5, 5.41) is 9.07. The molecular formula is C10H17NO5. The molecule has 1 fully saturated rings. The van der Waals surface area contributed by atoms with Gasteiger partial charge in [0, 0.05) is 40.2 Å². The number of carboxylic acids is 1. The Morgan fingerprint density at radius 1 is 1.31 bits per heavy atom. The standard InChI is InChI=1S/C10H17NO5/c1-6(12)11-4-7(9(13)14)8(5-11)10(15-2)16-3/h7-8,10H,4-5H2,1-3H3,(H,13,14)/t7-,8-/m1/s1. The van der Waals surface area contributed by atoms with Crippen molar-refractivity contribution in [2.24, 2.45) is 11.8 Å². The zero-order chi connectivity index (χ0) is 12.3. The summed E-state index contributed by atoms with van der Waals surface area (Å²) in [6.45, 7) is 2.01. The van der Waals surface area contributed by atoms with Crippen LogP contribution in [0, 0.1) is 11.8 Å². The molecule has 16 heavy (non-hydrogen) atoms. The number of amides is 1. The number of likely N-dealkylation sites (tertiary alicyclic amines) is 1. The van der Waals surface area contributed by atoms with Gasteiger partial charge in [-0.25, -0.2) is 0 Å². The molecule has 92 valence electrons. The molecule has 1 aliphatic rings. The molecule has 1 heterocycles. The summed E-state index contributed by atoms with van der Waals surface area (Å²) in [6, 6.07) is 0. The number of hydrogen-bond acceptors (Lipinski definition) is 4. The van der Waals surface area contributed by atoms with E-state index in [1.54, 1.807) is 0 Å². The maximum atomic E-state index is 11.2. The van der Waals surface area contributed by atoms with E-state index in [-0.39, 0.29) is 18.4 Å². The molecule has 0 aromatic heterocycles. The molecule has 0 unspecified atom stereocenters. The van der Waals surface area contributed by atoms with E-state index in [0.29, 0.717) is 6.54 Å². The predicted molar refractivity (Wildman–Crippen MR) is 54.7 cm³/mol. The van der Waals surface area contributed by atoms with Gasteiger partial charge in [0.1, 0.15) is 0 Å². The second-order valence-corrected chi connectivity index (χ2v) is 3.87. The van der Waals surface area contributed by atoms with E-state index >= 15 is 0 Å². The first-order valence-electron chi connectivity index (χ1n) is 5.05. The van der Waals surface area contributed by atoms with Crippen molar-refractivity contribution in [1.82, 2.24) is 4.90 Å². The van der Waals surface area contributed by atoms with Gasteiger partial charge >= 0.3 is 5.97 Å². The topological polar surface area (TPSA) is 76.1 Å². The average Bonchev–Trinajstić information content (AvgIpc) is 2.64. The summed E-state index contributed by atoms with van der Waals surface area (Å²) in [5.41, 5.74) is 0. The molecule has 1 N–H and O–H groups in total. The van der Waals surface area contributed by atoms with Gasteiger partial charge < -0.3 is 19.5 Å². The normalized spacial score (nSPS) is 25.1. The lowest BCUT2D eigenvalue weighted by Gasteiger charge is -2.23. The minimum atomic E-state index is -0.923. The van der Waals surface area contributed by atoms with Gasteiger partial charge in [0.25, 0.3) is 0 Å². The molecule has 2 atom stereocenters. The minimum Gasteiger partial charge on any atom is -0.481 e. The molecule has 1 amide bonds. The number of carboxylic acid groups (broad SMARTS) is 1. The van der Waals surface area contributed by atoms with Crippen molar-refractivity contribution in [1.29, 1.82) is 0 Å². The minimum absolute atomic E-state index is 0.125. The number of aliphatic carboxylic acids is 1. The zero-order valence-corrected chi connectivity index (χ0v) is 9.67. The molecule has 6 nitrogen and oxygen atoms in total. The number of nitrogens with zero attached hydrogens (tertiary/aromatic N) is 1. The van der Waals surface area contributed by atoms with Gasteiger partial charge in [-0.1, -0.05) is 0 Å². The van der Waals surface area contributed by atoms with Crippen LogP contribution in [0.4, 0.5) is 0 Å². The van der Waals surface area contributed by atoms with Crippen LogP contribution < -0.4 is 0 Å². The number of hydrogen-bond donors (Lipinski definition) is 1. The van der Waals surface area contributed by atoms with Gasteiger partial charge in [-0.15, -0.1) is 0 Å². The zero-order valence-electron chi connectivity index (χ0n) is 9.67. The Hall–Kier alpha value is -1.14. The van der Waals surface area contributed by atoms with Crippen molar-refractivity contribution >= 4 is 11.9 Å². The Morgan fingerprint density at radius 2 is 1.88 bits per heavy atom. The average molecular weight is 231 g/mol. The molecule has 0 saturated carbocycles. The van der Waals surface area contributed by atoms with Gasteiger partial charge in [0.2, 0.25) is 5.91 Å². The predicted octanol–water partition coefficient (Wildman–Crippen LogP) is -0.216. The molecule has 0 bridgehead atoms. The van der Waals surface area contributed by atoms with Crippen LogP contribution in [0.2, 0.25) is 0 Å².